The van der Waals surface area contributed by atoms with Crippen LogP contribution in [0.4, 0.5) is 5.69 Å². The van der Waals surface area contributed by atoms with Crippen molar-refractivity contribution >= 4 is 52.0 Å². The summed E-state index contributed by atoms with van der Waals surface area (Å²) in [5, 5.41) is 40.7. The third kappa shape index (κ3) is 19.2. The number of nitrogens with zero attached hydrogens (tertiary/aromatic N) is 4. The fraction of sp³-hybridized carbons (Fsp3) is 0.796. The highest BCUT2D eigenvalue weighted by molar-refractivity contribution is 6.34. The van der Waals surface area contributed by atoms with Gasteiger partial charge in [-0.05, 0) is 90.4 Å². The van der Waals surface area contributed by atoms with Gasteiger partial charge in [-0.1, -0.05) is 72.2 Å². The molecule has 17 nitrogen and oxygen atoms in total. The van der Waals surface area contributed by atoms with E-state index in [9.17, 15) is 24.6 Å². The number of amides is 1. The van der Waals surface area contributed by atoms with Crippen molar-refractivity contribution in [2.24, 2.45) is 30.7 Å². The van der Waals surface area contributed by atoms with Gasteiger partial charge in [0, 0.05) is 96.4 Å². The van der Waals surface area contributed by atoms with E-state index in [1.165, 1.54) is 6.20 Å². The average Bonchev–Trinajstić information content (AvgIpc) is 3.35. The summed E-state index contributed by atoms with van der Waals surface area (Å²) in [5.74, 6) is -1.06. The van der Waals surface area contributed by atoms with E-state index in [0.29, 0.717) is 60.9 Å². The number of benzene rings is 1. The topological polar surface area (TPSA) is 205 Å². The quantitative estimate of drug-likeness (QED) is 0.0857. The van der Waals surface area contributed by atoms with Gasteiger partial charge in [0.2, 0.25) is 5.91 Å². The van der Waals surface area contributed by atoms with Crippen molar-refractivity contribution in [1.29, 1.82) is 0 Å². The summed E-state index contributed by atoms with van der Waals surface area (Å²) in [7, 11) is 6.98. The minimum atomic E-state index is -0.844. The molecular weight excluding hydrogens is 982 g/mol. The third-order valence-electron chi connectivity index (χ3n) is 14.6. The number of fused-ring (bicyclic) bond motifs is 1. The third-order valence-corrected chi connectivity index (χ3v) is 14.9. The number of hydrogen-bond acceptors (Lipinski definition) is 15. The maximum atomic E-state index is 13.6. The molecule has 4 aliphatic heterocycles. The Hall–Kier alpha value is -2.49. The van der Waals surface area contributed by atoms with Crippen molar-refractivity contribution in [2.45, 2.75) is 182 Å². The van der Waals surface area contributed by atoms with Gasteiger partial charge in [-0.2, -0.15) is 0 Å². The van der Waals surface area contributed by atoms with Gasteiger partial charge in [0.1, 0.15) is 6.07 Å². The number of aliphatic hydroxyl groups excluding tert-OH is 4. The van der Waals surface area contributed by atoms with Crippen LogP contribution in [0.15, 0.2) is 23.1 Å². The average molecular weight is 1080 g/mol. The van der Waals surface area contributed by atoms with E-state index >= 15 is 0 Å². The van der Waals surface area contributed by atoms with Gasteiger partial charge in [-0.15, -0.1) is 0 Å². The van der Waals surface area contributed by atoms with Gasteiger partial charge in [-0.3, -0.25) is 19.3 Å². The Balaban J connectivity index is 0.00000217. The van der Waals surface area contributed by atoms with Crippen molar-refractivity contribution in [2.75, 3.05) is 71.5 Å². The molecule has 0 radical (unpaired) electrons. The zero-order valence-electron chi connectivity index (χ0n) is 45.5. The number of halogens is 2. The lowest BCUT2D eigenvalue weighted by Gasteiger charge is -2.42. The molecule has 1 amide bonds. The Bertz CT molecular complexity index is 1960. The van der Waals surface area contributed by atoms with E-state index in [2.05, 4.69) is 59.6 Å². The number of carbonyl (C=O) groups is 2. The van der Waals surface area contributed by atoms with E-state index in [1.54, 1.807) is 24.6 Å². The van der Waals surface area contributed by atoms with Crippen LogP contribution < -0.4 is 15.6 Å². The van der Waals surface area contributed by atoms with E-state index in [1.807, 2.05) is 47.6 Å². The van der Waals surface area contributed by atoms with Crippen LogP contribution in [0.2, 0.25) is 5.02 Å². The summed E-state index contributed by atoms with van der Waals surface area (Å²) >= 11 is 11.4. The highest BCUT2D eigenvalue weighted by atomic mass is 35.5. The molecule has 5 heterocycles. The number of pyridine rings is 1. The highest BCUT2D eigenvalue weighted by Gasteiger charge is 2.41. The van der Waals surface area contributed by atoms with Gasteiger partial charge in [0.25, 0.3) is 0 Å². The highest BCUT2D eigenvalue weighted by Crippen LogP contribution is 2.36. The number of aryl methyl sites for hydroxylation is 1. The fourth-order valence-electron chi connectivity index (χ4n) is 10.5. The number of rotatable bonds is 12. The van der Waals surface area contributed by atoms with Crippen molar-refractivity contribution < 1.29 is 53.7 Å². The molecule has 15 atom stereocenters. The van der Waals surface area contributed by atoms with Crippen LogP contribution in [0.3, 0.4) is 0 Å². The number of aldehydes is 1. The first kappa shape index (κ1) is 66.6. The van der Waals surface area contributed by atoms with Crippen LogP contribution in [-0.4, -0.2) is 181 Å². The molecule has 9 unspecified atom stereocenters. The standard InChI is InChI=1S/C49H78ClN5O10.C2H6.CH3ClO.CH4O.CH4/c1-28-18-29(2)46(57)33(6)49(60)51-31(4)20-42(43(65-45-22-36(52(8)9)21-32(5)62-45)25-41(28)64-44-19-30(3)47(58)34(7)63-44)61-17-11-12-54-13-15-55(16-14-54)40-23-37-39(24-38(40)50)53(10)26-35(27-56)48(37)59;1-2;2-1-3;1-2;/h23-24,26-34,36,41-47,57-58H,11-22,25H2,1-10H3,(H,51,60);1-2H3;3H,1H2;2H,1H3;1H4/t28?,29-,30?,31+,32?,33?,34?,36?,41-,42?,43+,44-,45?,46?,47+;;;;/m0..../s1. The number of anilines is 1. The zero-order valence-corrected chi connectivity index (χ0v) is 47.0. The molecule has 4 saturated heterocycles. The lowest BCUT2D eigenvalue weighted by Crippen LogP contribution is -2.49. The van der Waals surface area contributed by atoms with Crippen LogP contribution in [0, 0.1) is 23.7 Å². The van der Waals surface area contributed by atoms with Gasteiger partial charge in [-0.25, -0.2) is 0 Å². The molecule has 422 valence electrons. The van der Waals surface area contributed by atoms with Gasteiger partial charge < -0.3 is 63.8 Å². The summed E-state index contributed by atoms with van der Waals surface area (Å²) in [6.07, 6.45) is 2.48. The SMILES string of the molecule is C.CC.CC1CC(N(C)C)CC(O[C@@H]2C[C@H](O[C@H]3CC(C)[C@@H](O)C(C)O3)C(C)C[C@H](C)C(O)C(C)C(=O)N[C@H](C)CC2OCCCN2CCN(c3cc4c(=O)c(C=O)cn(C)c4cc3Cl)CC2)O1.CO.OCCl. The molecule has 6 rings (SSSR count). The molecule has 73 heavy (non-hydrogen) atoms. The van der Waals surface area contributed by atoms with Crippen molar-refractivity contribution in [1.82, 2.24) is 19.7 Å². The van der Waals surface area contributed by atoms with E-state index < -0.39 is 42.9 Å². The summed E-state index contributed by atoms with van der Waals surface area (Å²) in [6, 6.07) is 3.33. The Morgan fingerprint density at radius 2 is 1.42 bits per heavy atom. The Labute approximate surface area is 447 Å². The molecule has 5 N–H and O–H groups in total. The number of piperazine rings is 1. The van der Waals surface area contributed by atoms with Crippen molar-refractivity contribution in [3.8, 4) is 0 Å². The first-order valence-electron chi connectivity index (χ1n) is 26.2. The van der Waals surface area contributed by atoms with E-state index in [0.717, 1.165) is 58.4 Å². The lowest BCUT2D eigenvalue weighted by atomic mass is 9.83. The molecule has 0 saturated carbocycles. The number of alkyl halides is 1. The predicted molar refractivity (Wildman–Crippen MR) is 292 cm³/mol. The lowest BCUT2D eigenvalue weighted by molar-refractivity contribution is -0.271. The second-order valence-corrected chi connectivity index (χ2v) is 21.0. The molecular formula is C54H95Cl2N5O12. The molecule has 2 aromatic rings. The van der Waals surface area contributed by atoms with Crippen LogP contribution >= 0.6 is 23.2 Å². The van der Waals surface area contributed by atoms with Crippen LogP contribution in [0.25, 0.3) is 10.9 Å². The largest absolute Gasteiger partial charge is 0.400 e. The molecule has 0 spiro atoms. The van der Waals surface area contributed by atoms with Crippen LogP contribution in [0.1, 0.15) is 125 Å². The van der Waals surface area contributed by atoms with Crippen LogP contribution in [-0.2, 0) is 35.5 Å². The fourth-order valence-corrected chi connectivity index (χ4v) is 10.8. The monoisotopic (exact) mass is 1080 g/mol. The normalized spacial score (nSPS) is 32.6. The summed E-state index contributed by atoms with van der Waals surface area (Å²) < 4.78 is 35.5. The molecule has 1 aromatic carbocycles. The second-order valence-electron chi connectivity index (χ2n) is 20.3. The molecule has 4 aliphatic rings. The minimum Gasteiger partial charge on any atom is -0.400 e. The summed E-state index contributed by atoms with van der Waals surface area (Å²) in [5.41, 5.74) is 1.28. The second kappa shape index (κ2) is 32.9. The first-order valence-corrected chi connectivity index (χ1v) is 27.1. The number of hydrogen-bond donors (Lipinski definition) is 5. The van der Waals surface area contributed by atoms with E-state index in [-0.39, 0.29) is 78.5 Å². The number of nitrogens with one attached hydrogen (secondary N) is 1. The van der Waals surface area contributed by atoms with Crippen molar-refractivity contribution in [3.05, 3.63) is 39.1 Å². The maximum Gasteiger partial charge on any atom is 0.225 e. The number of carbonyl (C=O) groups excluding carboxylic acids is 2. The predicted octanol–water partition coefficient (Wildman–Crippen LogP) is 6.66. The summed E-state index contributed by atoms with van der Waals surface area (Å²) in [6.45, 7) is 22.2. The van der Waals surface area contributed by atoms with Crippen LogP contribution in [0.5, 0.6) is 0 Å². The van der Waals surface area contributed by atoms with E-state index in [4.69, 9.17) is 45.5 Å². The molecule has 0 aliphatic carbocycles. The smallest absolute Gasteiger partial charge is 0.225 e. The first-order chi connectivity index (χ1) is 34.2. The van der Waals surface area contributed by atoms with Gasteiger partial charge >= 0.3 is 0 Å². The maximum absolute atomic E-state index is 13.6. The molecule has 19 heteroatoms. The Morgan fingerprint density at radius 3 is 2.03 bits per heavy atom. The molecule has 0 bridgehead atoms. The van der Waals surface area contributed by atoms with Crippen molar-refractivity contribution in [3.63, 3.8) is 0 Å². The number of ether oxygens (including phenoxy) is 5. The Morgan fingerprint density at radius 1 is 0.822 bits per heavy atom. The van der Waals surface area contributed by atoms with Gasteiger partial charge in [0.05, 0.1) is 70.4 Å². The number of aromatic nitrogens is 1. The minimum absolute atomic E-state index is 0. The van der Waals surface area contributed by atoms with Gasteiger partial charge in [0.15, 0.2) is 24.3 Å². The summed E-state index contributed by atoms with van der Waals surface area (Å²) in [4.78, 5) is 45.1. The number of aliphatic hydroxyl groups is 4. The molecule has 1 aromatic heterocycles. The molecule has 4 fully saturated rings. The zero-order chi connectivity index (χ0) is 54.0. The Kier molecular flexibility index (Phi) is 30.1.